The quantitative estimate of drug-likeness (QED) is 0.612. The Balaban J connectivity index is 2.95. The normalized spacial score (nSPS) is 18.8. The number of hydrogen-bond acceptors (Lipinski definition) is 0. The highest BCUT2D eigenvalue weighted by molar-refractivity contribution is 9.12. The van der Waals surface area contributed by atoms with Gasteiger partial charge in [-0.3, -0.25) is 0 Å². The minimum Gasteiger partial charge on any atom is -0.206 e. The first-order valence-electron chi connectivity index (χ1n) is 3.13. The smallest absolute Gasteiger partial charge is 0.133 e. The zero-order chi connectivity index (χ0) is 7.56. The SMILES string of the molecule is C=CC1=C(Br)C(F)=CCC1. The van der Waals surface area contributed by atoms with E-state index in [-0.39, 0.29) is 5.83 Å². The summed E-state index contributed by atoms with van der Waals surface area (Å²) in [4.78, 5) is 0. The predicted octanol–water partition coefficient (Wildman–Crippen LogP) is 3.47. The fraction of sp³-hybridized carbons (Fsp3) is 0.250. The highest BCUT2D eigenvalue weighted by Gasteiger charge is 2.09. The van der Waals surface area contributed by atoms with Crippen LogP contribution in [0.3, 0.4) is 0 Å². The third-order valence-corrected chi connectivity index (χ3v) is 2.36. The number of rotatable bonds is 1. The standard InChI is InChI=1S/C8H8BrF/c1-2-6-4-3-5-7(10)8(6)9/h2,5H,1,3-4H2. The Morgan fingerprint density at radius 1 is 1.70 bits per heavy atom. The van der Waals surface area contributed by atoms with Crippen molar-refractivity contribution in [1.29, 1.82) is 0 Å². The molecule has 0 aromatic carbocycles. The molecule has 54 valence electrons. The third kappa shape index (κ3) is 1.37. The molecule has 0 nitrogen and oxygen atoms in total. The van der Waals surface area contributed by atoms with Crippen LogP contribution < -0.4 is 0 Å². The van der Waals surface area contributed by atoms with Gasteiger partial charge in [0.15, 0.2) is 0 Å². The molecule has 0 heterocycles. The van der Waals surface area contributed by atoms with Crippen LogP contribution in [0.4, 0.5) is 4.39 Å². The summed E-state index contributed by atoms with van der Waals surface area (Å²) in [6.45, 7) is 3.59. The summed E-state index contributed by atoms with van der Waals surface area (Å²) in [5, 5.41) is 0. The first-order valence-corrected chi connectivity index (χ1v) is 3.92. The maximum absolute atomic E-state index is 12.7. The fourth-order valence-electron chi connectivity index (χ4n) is 0.899. The van der Waals surface area contributed by atoms with Crippen LogP contribution in [-0.2, 0) is 0 Å². The van der Waals surface area contributed by atoms with E-state index < -0.39 is 0 Å². The second-order valence-electron chi connectivity index (χ2n) is 2.13. The summed E-state index contributed by atoms with van der Waals surface area (Å²) < 4.78 is 13.3. The second kappa shape index (κ2) is 3.15. The van der Waals surface area contributed by atoms with Gasteiger partial charge in [0.1, 0.15) is 5.83 Å². The molecule has 1 aliphatic rings. The molecule has 0 atom stereocenters. The molecule has 0 spiro atoms. The summed E-state index contributed by atoms with van der Waals surface area (Å²) in [5.74, 6) is -0.166. The highest BCUT2D eigenvalue weighted by atomic mass is 79.9. The zero-order valence-corrected chi connectivity index (χ0v) is 7.12. The van der Waals surface area contributed by atoms with E-state index in [0.29, 0.717) is 4.48 Å². The van der Waals surface area contributed by atoms with Crippen molar-refractivity contribution in [2.75, 3.05) is 0 Å². The average molecular weight is 203 g/mol. The lowest BCUT2D eigenvalue weighted by Gasteiger charge is -2.08. The van der Waals surface area contributed by atoms with Gasteiger partial charge in [0.25, 0.3) is 0 Å². The summed E-state index contributed by atoms with van der Waals surface area (Å²) in [6, 6.07) is 0. The van der Waals surface area contributed by atoms with Crippen molar-refractivity contribution >= 4 is 15.9 Å². The molecular formula is C8H8BrF. The highest BCUT2D eigenvalue weighted by Crippen LogP contribution is 2.30. The largest absolute Gasteiger partial charge is 0.206 e. The van der Waals surface area contributed by atoms with Crippen LogP contribution in [0.5, 0.6) is 0 Å². The van der Waals surface area contributed by atoms with Gasteiger partial charge >= 0.3 is 0 Å². The lowest BCUT2D eigenvalue weighted by atomic mass is 10.1. The molecule has 1 aliphatic carbocycles. The Labute approximate surface area is 68.3 Å². The lowest BCUT2D eigenvalue weighted by molar-refractivity contribution is 0.646. The van der Waals surface area contributed by atoms with Gasteiger partial charge < -0.3 is 0 Å². The van der Waals surface area contributed by atoms with Gasteiger partial charge in [0.05, 0.1) is 4.48 Å². The van der Waals surface area contributed by atoms with E-state index in [1.807, 2.05) is 0 Å². The number of allylic oxidation sites excluding steroid dienone is 5. The minimum absolute atomic E-state index is 0.166. The average Bonchev–Trinajstić information content (AvgIpc) is 1.95. The molecule has 0 aromatic heterocycles. The zero-order valence-electron chi connectivity index (χ0n) is 5.53. The minimum atomic E-state index is -0.166. The molecule has 1 rings (SSSR count). The Bertz CT molecular complexity index is 213. The number of halogens is 2. The van der Waals surface area contributed by atoms with Crippen LogP contribution in [0, 0.1) is 0 Å². The molecule has 0 aliphatic heterocycles. The molecule has 0 N–H and O–H groups in total. The van der Waals surface area contributed by atoms with Crippen molar-refractivity contribution in [3.63, 3.8) is 0 Å². The molecular weight excluding hydrogens is 195 g/mol. The molecule has 0 unspecified atom stereocenters. The molecule has 10 heavy (non-hydrogen) atoms. The van der Waals surface area contributed by atoms with Gasteiger partial charge in [-0.05, 0) is 40.4 Å². The van der Waals surface area contributed by atoms with Gasteiger partial charge in [-0.15, -0.1) is 0 Å². The third-order valence-electron chi connectivity index (χ3n) is 1.48. The van der Waals surface area contributed by atoms with Gasteiger partial charge in [-0.25, -0.2) is 4.39 Å². The van der Waals surface area contributed by atoms with Gasteiger partial charge in [0.2, 0.25) is 0 Å². The lowest BCUT2D eigenvalue weighted by Crippen LogP contribution is -1.90. The molecule has 0 bridgehead atoms. The molecule has 0 saturated heterocycles. The van der Waals surface area contributed by atoms with Gasteiger partial charge in [-0.2, -0.15) is 0 Å². The molecule has 0 fully saturated rings. The van der Waals surface area contributed by atoms with Crippen molar-refractivity contribution in [2.24, 2.45) is 0 Å². The van der Waals surface area contributed by atoms with E-state index in [1.165, 1.54) is 0 Å². The summed E-state index contributed by atoms with van der Waals surface area (Å²) in [6.07, 6.45) is 4.94. The monoisotopic (exact) mass is 202 g/mol. The Kier molecular flexibility index (Phi) is 2.44. The molecule has 0 radical (unpaired) electrons. The van der Waals surface area contributed by atoms with Crippen LogP contribution in [0.2, 0.25) is 0 Å². The summed E-state index contributed by atoms with van der Waals surface area (Å²) in [5.41, 5.74) is 0.958. The first-order chi connectivity index (χ1) is 4.75. The van der Waals surface area contributed by atoms with Crippen molar-refractivity contribution in [3.05, 3.63) is 34.6 Å². The molecule has 0 saturated carbocycles. The second-order valence-corrected chi connectivity index (χ2v) is 2.93. The van der Waals surface area contributed by atoms with Crippen molar-refractivity contribution in [2.45, 2.75) is 12.8 Å². The maximum Gasteiger partial charge on any atom is 0.133 e. The Morgan fingerprint density at radius 2 is 2.40 bits per heavy atom. The van der Waals surface area contributed by atoms with Crippen molar-refractivity contribution in [1.82, 2.24) is 0 Å². The summed E-state index contributed by atoms with van der Waals surface area (Å²) in [7, 11) is 0. The van der Waals surface area contributed by atoms with E-state index in [4.69, 9.17) is 0 Å². The number of hydrogen-bond donors (Lipinski definition) is 0. The van der Waals surface area contributed by atoms with E-state index in [2.05, 4.69) is 22.5 Å². The van der Waals surface area contributed by atoms with Gasteiger partial charge in [0, 0.05) is 0 Å². The molecule has 0 amide bonds. The van der Waals surface area contributed by atoms with E-state index in [0.717, 1.165) is 18.4 Å². The van der Waals surface area contributed by atoms with Crippen LogP contribution in [0.25, 0.3) is 0 Å². The maximum atomic E-state index is 12.7. The van der Waals surface area contributed by atoms with E-state index in [1.54, 1.807) is 12.2 Å². The van der Waals surface area contributed by atoms with Crippen LogP contribution in [0.1, 0.15) is 12.8 Å². The van der Waals surface area contributed by atoms with Crippen LogP contribution in [0.15, 0.2) is 34.6 Å². The van der Waals surface area contributed by atoms with Gasteiger partial charge in [-0.1, -0.05) is 12.7 Å². The van der Waals surface area contributed by atoms with Crippen LogP contribution >= 0.6 is 15.9 Å². The van der Waals surface area contributed by atoms with E-state index in [9.17, 15) is 4.39 Å². The molecule has 2 heteroatoms. The summed E-state index contributed by atoms with van der Waals surface area (Å²) >= 11 is 3.15. The molecule has 0 aromatic rings. The van der Waals surface area contributed by atoms with E-state index >= 15 is 0 Å². The first kappa shape index (κ1) is 7.73. The topological polar surface area (TPSA) is 0 Å². The fourth-order valence-corrected chi connectivity index (χ4v) is 1.42. The Morgan fingerprint density at radius 3 is 2.90 bits per heavy atom. The van der Waals surface area contributed by atoms with Crippen molar-refractivity contribution < 1.29 is 4.39 Å². The van der Waals surface area contributed by atoms with Crippen molar-refractivity contribution in [3.8, 4) is 0 Å². The Hall–Kier alpha value is -0.370. The van der Waals surface area contributed by atoms with Crippen LogP contribution in [-0.4, -0.2) is 0 Å². The predicted molar refractivity (Wildman–Crippen MR) is 44.6 cm³/mol.